The number of nitrogens with one attached hydrogen (secondary N) is 1. The van der Waals surface area contributed by atoms with Crippen molar-refractivity contribution >= 4 is 0 Å². The third-order valence-corrected chi connectivity index (χ3v) is 2.40. The van der Waals surface area contributed by atoms with Gasteiger partial charge in [0.2, 0.25) is 0 Å². The lowest BCUT2D eigenvalue weighted by atomic mass is 10.2. The van der Waals surface area contributed by atoms with Gasteiger partial charge in [0.25, 0.3) is 0 Å². The molecule has 0 spiro atoms. The van der Waals surface area contributed by atoms with Gasteiger partial charge in [-0.1, -0.05) is 13.0 Å². The van der Waals surface area contributed by atoms with E-state index in [0.29, 0.717) is 19.5 Å². The Labute approximate surface area is 95.2 Å². The van der Waals surface area contributed by atoms with E-state index in [2.05, 4.69) is 5.32 Å². The summed E-state index contributed by atoms with van der Waals surface area (Å²) in [5.41, 5.74) is 0.835. The summed E-state index contributed by atoms with van der Waals surface area (Å²) in [4.78, 5) is 0. The van der Waals surface area contributed by atoms with Gasteiger partial charge in [0, 0.05) is 13.1 Å². The fraction of sp³-hybridized carbons (Fsp3) is 0.500. The molecule has 0 aliphatic rings. The smallest absolute Gasteiger partial charge is 0.165 e. The highest BCUT2D eigenvalue weighted by Crippen LogP contribution is 2.17. The molecule has 1 aromatic rings. The van der Waals surface area contributed by atoms with E-state index in [9.17, 15) is 9.50 Å². The molecule has 90 valence electrons. The molecule has 0 aliphatic carbocycles. The van der Waals surface area contributed by atoms with E-state index in [1.165, 1.54) is 13.2 Å². The molecular formula is C12H18FNO2. The standard InChI is InChI=1S/C12H18FNO2/c1-3-10(15)8-14-7-9-4-5-12(16-2)11(13)6-9/h4-6,10,14-15H,3,7-8H2,1-2H3. The summed E-state index contributed by atoms with van der Waals surface area (Å²) in [6.07, 6.45) is 0.368. The Morgan fingerprint density at radius 3 is 2.81 bits per heavy atom. The Kier molecular flexibility index (Phi) is 5.22. The zero-order chi connectivity index (χ0) is 12.0. The normalized spacial score (nSPS) is 12.5. The van der Waals surface area contributed by atoms with Crippen molar-refractivity contribution in [2.45, 2.75) is 26.0 Å². The molecule has 3 nitrogen and oxygen atoms in total. The van der Waals surface area contributed by atoms with Gasteiger partial charge in [0.05, 0.1) is 13.2 Å². The van der Waals surface area contributed by atoms with Crippen molar-refractivity contribution < 1.29 is 14.2 Å². The van der Waals surface area contributed by atoms with E-state index >= 15 is 0 Å². The van der Waals surface area contributed by atoms with Crippen molar-refractivity contribution in [1.29, 1.82) is 0 Å². The lowest BCUT2D eigenvalue weighted by molar-refractivity contribution is 0.167. The molecular weight excluding hydrogens is 209 g/mol. The molecule has 4 heteroatoms. The van der Waals surface area contributed by atoms with Crippen LogP contribution in [0.1, 0.15) is 18.9 Å². The molecule has 2 N–H and O–H groups in total. The molecule has 0 heterocycles. The molecule has 16 heavy (non-hydrogen) atoms. The average molecular weight is 227 g/mol. The van der Waals surface area contributed by atoms with Crippen LogP contribution in [0.4, 0.5) is 4.39 Å². The van der Waals surface area contributed by atoms with E-state index in [4.69, 9.17) is 4.74 Å². The van der Waals surface area contributed by atoms with Crippen LogP contribution in [0.2, 0.25) is 0 Å². The molecule has 0 saturated carbocycles. The summed E-state index contributed by atoms with van der Waals surface area (Å²) < 4.78 is 18.1. The van der Waals surface area contributed by atoms with Crippen LogP contribution in [0, 0.1) is 5.82 Å². The quantitative estimate of drug-likeness (QED) is 0.777. The molecule has 0 aliphatic heterocycles. The number of hydrogen-bond donors (Lipinski definition) is 2. The van der Waals surface area contributed by atoms with Gasteiger partial charge in [0.1, 0.15) is 0 Å². The maximum atomic E-state index is 13.3. The molecule has 0 aromatic heterocycles. The van der Waals surface area contributed by atoms with Crippen LogP contribution in [0.25, 0.3) is 0 Å². The highest BCUT2D eigenvalue weighted by Gasteiger charge is 2.04. The van der Waals surface area contributed by atoms with Crippen molar-refractivity contribution in [3.05, 3.63) is 29.6 Å². The number of aliphatic hydroxyl groups is 1. The highest BCUT2D eigenvalue weighted by molar-refractivity contribution is 5.29. The number of aliphatic hydroxyl groups excluding tert-OH is 1. The molecule has 0 saturated heterocycles. The van der Waals surface area contributed by atoms with Crippen LogP contribution < -0.4 is 10.1 Å². The summed E-state index contributed by atoms with van der Waals surface area (Å²) in [6, 6.07) is 4.83. The number of halogens is 1. The number of methoxy groups -OCH3 is 1. The zero-order valence-corrected chi connectivity index (χ0v) is 9.66. The van der Waals surface area contributed by atoms with Crippen LogP contribution in [-0.4, -0.2) is 24.9 Å². The molecule has 0 fully saturated rings. The van der Waals surface area contributed by atoms with E-state index in [0.717, 1.165) is 5.56 Å². The van der Waals surface area contributed by atoms with Crippen molar-refractivity contribution in [3.63, 3.8) is 0 Å². The predicted molar refractivity (Wildman–Crippen MR) is 61.0 cm³/mol. The summed E-state index contributed by atoms with van der Waals surface area (Å²) in [6.45, 7) is 2.97. The number of hydrogen-bond acceptors (Lipinski definition) is 3. The van der Waals surface area contributed by atoms with Gasteiger partial charge in [-0.3, -0.25) is 0 Å². The maximum Gasteiger partial charge on any atom is 0.165 e. The lowest BCUT2D eigenvalue weighted by Gasteiger charge is -2.10. The topological polar surface area (TPSA) is 41.5 Å². The summed E-state index contributed by atoms with van der Waals surface area (Å²) in [5, 5.41) is 12.4. The lowest BCUT2D eigenvalue weighted by Crippen LogP contribution is -2.25. The van der Waals surface area contributed by atoms with Gasteiger partial charge >= 0.3 is 0 Å². The second kappa shape index (κ2) is 6.45. The second-order valence-electron chi connectivity index (χ2n) is 3.66. The molecule has 1 rings (SSSR count). The van der Waals surface area contributed by atoms with Gasteiger partial charge in [-0.05, 0) is 24.1 Å². The van der Waals surface area contributed by atoms with Gasteiger partial charge < -0.3 is 15.2 Å². The first-order valence-corrected chi connectivity index (χ1v) is 5.38. The van der Waals surface area contributed by atoms with Crippen LogP contribution >= 0.6 is 0 Å². The summed E-state index contributed by atoms with van der Waals surface area (Å²) in [7, 11) is 1.44. The first kappa shape index (κ1) is 12.9. The first-order valence-electron chi connectivity index (χ1n) is 5.38. The van der Waals surface area contributed by atoms with E-state index in [1.807, 2.05) is 6.92 Å². The predicted octanol–water partition coefficient (Wildman–Crippen LogP) is 1.69. The Bertz CT molecular complexity index is 331. The Balaban J connectivity index is 2.46. The third kappa shape index (κ3) is 3.79. The van der Waals surface area contributed by atoms with Crippen molar-refractivity contribution in [3.8, 4) is 5.75 Å². The summed E-state index contributed by atoms with van der Waals surface area (Å²) in [5.74, 6) is -0.116. The van der Waals surface area contributed by atoms with Crippen molar-refractivity contribution in [2.75, 3.05) is 13.7 Å². The monoisotopic (exact) mass is 227 g/mol. The average Bonchev–Trinajstić information content (AvgIpc) is 2.29. The fourth-order valence-electron chi connectivity index (χ4n) is 1.35. The van der Waals surface area contributed by atoms with Gasteiger partial charge in [-0.25, -0.2) is 4.39 Å². The van der Waals surface area contributed by atoms with Crippen molar-refractivity contribution in [1.82, 2.24) is 5.32 Å². The third-order valence-electron chi connectivity index (χ3n) is 2.40. The minimum absolute atomic E-state index is 0.248. The SMILES string of the molecule is CCC(O)CNCc1ccc(OC)c(F)c1. The van der Waals surface area contributed by atoms with Crippen LogP contribution in [0.3, 0.4) is 0 Å². The van der Waals surface area contributed by atoms with E-state index in [1.54, 1.807) is 12.1 Å². The second-order valence-corrected chi connectivity index (χ2v) is 3.66. The highest BCUT2D eigenvalue weighted by atomic mass is 19.1. The summed E-state index contributed by atoms with van der Waals surface area (Å²) >= 11 is 0. The molecule has 1 atom stereocenters. The molecule has 0 amide bonds. The Morgan fingerprint density at radius 2 is 2.25 bits per heavy atom. The molecule has 1 aromatic carbocycles. The minimum Gasteiger partial charge on any atom is -0.494 e. The molecule has 0 bridgehead atoms. The largest absolute Gasteiger partial charge is 0.494 e. The van der Waals surface area contributed by atoms with Crippen molar-refractivity contribution in [2.24, 2.45) is 0 Å². The zero-order valence-electron chi connectivity index (χ0n) is 9.66. The Hall–Kier alpha value is -1.13. The molecule has 1 unspecified atom stereocenters. The van der Waals surface area contributed by atoms with Crippen LogP contribution in [-0.2, 0) is 6.54 Å². The van der Waals surface area contributed by atoms with E-state index < -0.39 is 0 Å². The van der Waals surface area contributed by atoms with Crippen LogP contribution in [0.15, 0.2) is 18.2 Å². The minimum atomic E-state index is -0.363. The van der Waals surface area contributed by atoms with Gasteiger partial charge in [0.15, 0.2) is 11.6 Å². The number of ether oxygens (including phenoxy) is 1. The molecule has 0 radical (unpaired) electrons. The number of rotatable bonds is 6. The number of benzene rings is 1. The Morgan fingerprint density at radius 1 is 1.50 bits per heavy atom. The first-order chi connectivity index (χ1) is 7.67. The maximum absolute atomic E-state index is 13.3. The fourth-order valence-corrected chi connectivity index (χ4v) is 1.35. The van der Waals surface area contributed by atoms with Crippen LogP contribution in [0.5, 0.6) is 5.75 Å². The van der Waals surface area contributed by atoms with E-state index in [-0.39, 0.29) is 17.7 Å². The van der Waals surface area contributed by atoms with Gasteiger partial charge in [-0.15, -0.1) is 0 Å². The van der Waals surface area contributed by atoms with Gasteiger partial charge in [-0.2, -0.15) is 0 Å².